The number of amides is 1. The Bertz CT molecular complexity index is 1380. The Morgan fingerprint density at radius 2 is 1.55 bits per heavy atom. The first-order chi connectivity index (χ1) is 17.9. The van der Waals surface area contributed by atoms with Crippen LogP contribution in [0.15, 0.2) is 79.1 Å². The highest BCUT2D eigenvalue weighted by Crippen LogP contribution is 2.26. The number of ether oxygens (including phenoxy) is 2. The SMILES string of the molecule is CC(OC(=O)Nc1ccc(-c2ncn(-c3ccc(OC(F)(F)F)cc3)n2)cc1)c1ccc(C(C)(C)C)cc1. The molecule has 1 amide bonds. The van der Waals surface area contributed by atoms with Gasteiger partial charge in [-0.2, -0.15) is 0 Å². The predicted molar refractivity (Wildman–Crippen MR) is 137 cm³/mol. The monoisotopic (exact) mass is 524 g/mol. The second-order valence-corrected chi connectivity index (χ2v) is 9.68. The lowest BCUT2D eigenvalue weighted by Crippen LogP contribution is -2.17. The van der Waals surface area contributed by atoms with Gasteiger partial charge in [-0.05, 0) is 72.0 Å². The number of alkyl halides is 3. The van der Waals surface area contributed by atoms with E-state index in [0.29, 0.717) is 22.8 Å². The fourth-order valence-electron chi connectivity index (χ4n) is 3.65. The highest BCUT2D eigenvalue weighted by atomic mass is 19.4. The number of carbonyl (C=O) groups is 1. The third-order valence-corrected chi connectivity index (χ3v) is 5.75. The molecular formula is C28H27F3N4O3. The summed E-state index contributed by atoms with van der Waals surface area (Å²) in [5, 5.41) is 7.08. The number of anilines is 1. The largest absolute Gasteiger partial charge is 0.573 e. The number of hydrogen-bond donors (Lipinski definition) is 1. The van der Waals surface area contributed by atoms with Gasteiger partial charge in [-0.3, -0.25) is 5.32 Å². The zero-order valence-corrected chi connectivity index (χ0v) is 21.3. The van der Waals surface area contributed by atoms with Crippen molar-refractivity contribution in [2.45, 2.75) is 45.6 Å². The van der Waals surface area contributed by atoms with Crippen molar-refractivity contribution in [3.63, 3.8) is 0 Å². The summed E-state index contributed by atoms with van der Waals surface area (Å²) in [7, 11) is 0. The molecule has 1 unspecified atom stereocenters. The summed E-state index contributed by atoms with van der Waals surface area (Å²) >= 11 is 0. The normalized spacial score (nSPS) is 12.6. The van der Waals surface area contributed by atoms with E-state index in [2.05, 4.69) is 40.9 Å². The van der Waals surface area contributed by atoms with Crippen molar-refractivity contribution in [3.05, 3.63) is 90.3 Å². The van der Waals surface area contributed by atoms with Crippen LogP contribution in [0.25, 0.3) is 17.1 Å². The van der Waals surface area contributed by atoms with Gasteiger partial charge in [0.05, 0.1) is 5.69 Å². The maximum Gasteiger partial charge on any atom is 0.573 e. The van der Waals surface area contributed by atoms with Crippen LogP contribution in [0.4, 0.5) is 23.7 Å². The maximum atomic E-state index is 12.4. The van der Waals surface area contributed by atoms with Gasteiger partial charge >= 0.3 is 12.5 Å². The molecule has 4 aromatic rings. The van der Waals surface area contributed by atoms with Crippen molar-refractivity contribution in [2.24, 2.45) is 0 Å². The van der Waals surface area contributed by atoms with Crippen molar-refractivity contribution >= 4 is 11.8 Å². The zero-order chi connectivity index (χ0) is 27.5. The van der Waals surface area contributed by atoms with E-state index in [0.717, 1.165) is 5.56 Å². The van der Waals surface area contributed by atoms with Gasteiger partial charge in [0.2, 0.25) is 0 Å². The summed E-state index contributed by atoms with van der Waals surface area (Å²) in [5.74, 6) is 0.0816. The number of rotatable bonds is 6. The number of aromatic nitrogens is 3. The summed E-state index contributed by atoms with van der Waals surface area (Å²) < 4.78 is 47.9. The quantitative estimate of drug-likeness (QED) is 0.284. The van der Waals surface area contributed by atoms with E-state index in [4.69, 9.17) is 4.74 Å². The summed E-state index contributed by atoms with van der Waals surface area (Å²) in [4.78, 5) is 16.7. The Morgan fingerprint density at radius 3 is 2.13 bits per heavy atom. The molecule has 1 heterocycles. The topological polar surface area (TPSA) is 78.3 Å². The van der Waals surface area contributed by atoms with Gasteiger partial charge in [-0.1, -0.05) is 45.0 Å². The lowest BCUT2D eigenvalue weighted by atomic mass is 9.86. The Hall–Kier alpha value is -4.34. The van der Waals surface area contributed by atoms with Crippen LogP contribution >= 0.6 is 0 Å². The van der Waals surface area contributed by atoms with E-state index in [-0.39, 0.29) is 11.2 Å². The first kappa shape index (κ1) is 26.7. The van der Waals surface area contributed by atoms with Crippen LogP contribution in [-0.4, -0.2) is 27.2 Å². The molecule has 4 rings (SSSR count). The molecular weight excluding hydrogens is 497 g/mol. The molecule has 0 saturated heterocycles. The molecule has 0 aliphatic carbocycles. The van der Waals surface area contributed by atoms with Crippen LogP contribution < -0.4 is 10.1 Å². The van der Waals surface area contributed by atoms with Crippen molar-refractivity contribution < 1.29 is 27.4 Å². The van der Waals surface area contributed by atoms with Crippen LogP contribution in [0.3, 0.4) is 0 Å². The van der Waals surface area contributed by atoms with Gasteiger partial charge in [0, 0.05) is 11.3 Å². The standard InChI is InChI=1S/C28H27F3N4O3/c1-18(19-5-9-21(10-6-19)27(2,3)4)37-26(36)33-22-11-7-20(8-12-22)25-32-17-35(34-25)23-13-15-24(16-14-23)38-28(29,30)31/h5-18H,1-4H3,(H,33,36). The van der Waals surface area contributed by atoms with Crippen LogP contribution in [-0.2, 0) is 10.2 Å². The van der Waals surface area contributed by atoms with Gasteiger partial charge < -0.3 is 9.47 Å². The van der Waals surface area contributed by atoms with Gasteiger partial charge in [-0.25, -0.2) is 14.5 Å². The molecule has 0 aliphatic heterocycles. The Labute approximate surface area is 218 Å². The highest BCUT2D eigenvalue weighted by molar-refractivity contribution is 5.85. The van der Waals surface area contributed by atoms with Crippen LogP contribution in [0.5, 0.6) is 5.75 Å². The molecule has 1 aromatic heterocycles. The lowest BCUT2D eigenvalue weighted by Gasteiger charge is -2.20. The molecule has 7 nitrogen and oxygen atoms in total. The van der Waals surface area contributed by atoms with Gasteiger partial charge in [-0.15, -0.1) is 18.3 Å². The first-order valence-corrected chi connectivity index (χ1v) is 11.8. The average Bonchev–Trinajstić information content (AvgIpc) is 3.34. The lowest BCUT2D eigenvalue weighted by molar-refractivity contribution is -0.274. The molecule has 0 fully saturated rings. The smallest absolute Gasteiger partial charge is 0.441 e. The molecule has 3 aromatic carbocycles. The summed E-state index contributed by atoms with van der Waals surface area (Å²) in [6.45, 7) is 8.23. The van der Waals surface area contributed by atoms with Crippen molar-refractivity contribution in [2.75, 3.05) is 5.32 Å². The molecule has 0 saturated carbocycles. The molecule has 38 heavy (non-hydrogen) atoms. The third kappa shape index (κ3) is 6.90. The van der Waals surface area contributed by atoms with Gasteiger partial charge in [0.1, 0.15) is 18.2 Å². The number of nitrogens with zero attached hydrogens (tertiary/aromatic N) is 3. The predicted octanol–water partition coefficient (Wildman–Crippen LogP) is 7.44. The number of benzene rings is 3. The van der Waals surface area contributed by atoms with E-state index in [1.807, 2.05) is 31.2 Å². The summed E-state index contributed by atoms with van der Waals surface area (Å²) in [6, 6.07) is 20.2. The Kier molecular flexibility index (Phi) is 7.43. The van der Waals surface area contributed by atoms with E-state index in [1.54, 1.807) is 24.3 Å². The van der Waals surface area contributed by atoms with Crippen LogP contribution in [0.1, 0.15) is 44.9 Å². The minimum Gasteiger partial charge on any atom is -0.441 e. The molecule has 198 valence electrons. The molecule has 10 heteroatoms. The zero-order valence-electron chi connectivity index (χ0n) is 21.3. The van der Waals surface area contributed by atoms with E-state index < -0.39 is 18.6 Å². The second kappa shape index (κ2) is 10.6. The fraction of sp³-hybridized carbons (Fsp3) is 0.250. The number of halogens is 3. The summed E-state index contributed by atoms with van der Waals surface area (Å²) in [5.41, 5.74) is 3.88. The molecule has 1 N–H and O–H groups in total. The van der Waals surface area contributed by atoms with E-state index >= 15 is 0 Å². The minimum absolute atomic E-state index is 0.0421. The number of carbonyl (C=O) groups excluding carboxylic acids is 1. The van der Waals surface area contributed by atoms with Crippen LogP contribution in [0.2, 0.25) is 0 Å². The molecule has 0 bridgehead atoms. The maximum absolute atomic E-state index is 12.4. The molecule has 1 atom stereocenters. The molecule has 0 aliphatic rings. The van der Waals surface area contributed by atoms with Crippen LogP contribution in [0, 0.1) is 0 Å². The van der Waals surface area contributed by atoms with E-state index in [9.17, 15) is 18.0 Å². The van der Waals surface area contributed by atoms with E-state index in [1.165, 1.54) is 40.8 Å². The fourth-order valence-corrected chi connectivity index (χ4v) is 3.65. The highest BCUT2D eigenvalue weighted by Gasteiger charge is 2.31. The van der Waals surface area contributed by atoms with Gasteiger partial charge in [0.25, 0.3) is 0 Å². The molecule has 0 radical (unpaired) electrons. The molecule has 0 spiro atoms. The number of nitrogens with one attached hydrogen (secondary N) is 1. The number of hydrogen-bond acceptors (Lipinski definition) is 5. The second-order valence-electron chi connectivity index (χ2n) is 9.68. The van der Waals surface area contributed by atoms with Gasteiger partial charge in [0.15, 0.2) is 5.82 Å². The third-order valence-electron chi connectivity index (χ3n) is 5.75. The van der Waals surface area contributed by atoms with Crippen molar-refractivity contribution in [1.82, 2.24) is 14.8 Å². The summed E-state index contributed by atoms with van der Waals surface area (Å²) in [6.07, 6.45) is -4.31. The van der Waals surface area contributed by atoms with Crippen molar-refractivity contribution in [1.29, 1.82) is 0 Å². The Balaban J connectivity index is 1.35. The minimum atomic E-state index is -4.75. The average molecular weight is 525 g/mol. The van der Waals surface area contributed by atoms with Crippen molar-refractivity contribution in [3.8, 4) is 22.8 Å². The first-order valence-electron chi connectivity index (χ1n) is 11.8. The Morgan fingerprint density at radius 1 is 0.921 bits per heavy atom.